The van der Waals surface area contributed by atoms with E-state index in [-0.39, 0.29) is 12.7 Å². The largest absolute Gasteiger partial charge is 0.496 e. The summed E-state index contributed by atoms with van der Waals surface area (Å²) in [5.41, 5.74) is 4.81. The minimum absolute atomic E-state index is 0.252. The Balaban J connectivity index is 1.30. The zero-order valence-electron chi connectivity index (χ0n) is 16.6. The first-order chi connectivity index (χ1) is 15.1. The second kappa shape index (κ2) is 9.69. The third-order valence-electron chi connectivity index (χ3n) is 4.52. The monoisotopic (exact) mass is 530 g/mol. The van der Waals surface area contributed by atoms with Gasteiger partial charge in [-0.15, -0.1) is 0 Å². The summed E-state index contributed by atoms with van der Waals surface area (Å²) in [5.74, 6) is 2.55. The summed E-state index contributed by atoms with van der Waals surface area (Å²) in [6, 6.07) is 18.4. The molecular formula is C23H19IN2O5. The summed E-state index contributed by atoms with van der Waals surface area (Å²) in [6.45, 7) is 0.668. The third-order valence-corrected chi connectivity index (χ3v) is 5.41. The third kappa shape index (κ3) is 5.26. The van der Waals surface area contributed by atoms with E-state index in [0.29, 0.717) is 17.9 Å². The van der Waals surface area contributed by atoms with Crippen molar-refractivity contribution in [1.82, 2.24) is 5.43 Å². The molecule has 1 N–H and O–H groups in total. The molecule has 0 aliphatic carbocycles. The smallest absolute Gasteiger partial charge is 0.271 e. The van der Waals surface area contributed by atoms with Crippen LogP contribution in [0.5, 0.6) is 23.0 Å². The standard InChI is InChI=1S/C23H19IN2O5/c1-28-21-11-17(5-8-19(21)24)23(27)26-25-12-15-2-6-18(7-3-15)29-13-16-4-9-20-22(10-16)31-14-30-20/h2-12H,13-14H2,1H3,(H,26,27)/b25-12-. The lowest BCUT2D eigenvalue weighted by Crippen LogP contribution is -2.17. The minimum atomic E-state index is -0.311. The average molecular weight is 530 g/mol. The second-order valence-electron chi connectivity index (χ2n) is 6.59. The van der Waals surface area contributed by atoms with Crippen LogP contribution in [-0.2, 0) is 6.61 Å². The predicted octanol–water partition coefficient (Wildman–Crippen LogP) is 4.37. The zero-order chi connectivity index (χ0) is 21.6. The van der Waals surface area contributed by atoms with Crippen molar-refractivity contribution in [3.63, 3.8) is 0 Å². The summed E-state index contributed by atoms with van der Waals surface area (Å²) in [4.78, 5) is 12.2. The molecule has 0 radical (unpaired) electrons. The van der Waals surface area contributed by atoms with Crippen LogP contribution in [-0.4, -0.2) is 26.0 Å². The molecule has 0 atom stereocenters. The number of hydrazone groups is 1. The Morgan fingerprint density at radius 3 is 2.71 bits per heavy atom. The maximum Gasteiger partial charge on any atom is 0.271 e. The molecular weight excluding hydrogens is 511 g/mol. The number of carbonyl (C=O) groups is 1. The van der Waals surface area contributed by atoms with Crippen molar-refractivity contribution in [2.75, 3.05) is 13.9 Å². The Bertz CT molecular complexity index is 1120. The van der Waals surface area contributed by atoms with Crippen molar-refractivity contribution in [3.05, 3.63) is 80.9 Å². The van der Waals surface area contributed by atoms with Gasteiger partial charge in [-0.1, -0.05) is 6.07 Å². The van der Waals surface area contributed by atoms with Crippen molar-refractivity contribution in [3.8, 4) is 23.0 Å². The van der Waals surface area contributed by atoms with Gasteiger partial charge in [-0.05, 0) is 88.3 Å². The summed E-state index contributed by atoms with van der Waals surface area (Å²) >= 11 is 2.15. The highest BCUT2D eigenvalue weighted by Gasteiger charge is 2.13. The molecule has 3 aromatic rings. The number of carbonyl (C=O) groups excluding carboxylic acids is 1. The van der Waals surface area contributed by atoms with Crippen molar-refractivity contribution >= 4 is 34.7 Å². The molecule has 0 bridgehead atoms. The summed E-state index contributed by atoms with van der Waals surface area (Å²) in [7, 11) is 1.57. The maximum atomic E-state index is 12.2. The highest BCUT2D eigenvalue weighted by molar-refractivity contribution is 14.1. The first-order valence-corrected chi connectivity index (χ1v) is 10.5. The molecule has 1 aliphatic rings. The number of rotatable bonds is 7. The van der Waals surface area contributed by atoms with Gasteiger partial charge >= 0.3 is 0 Å². The van der Waals surface area contributed by atoms with Crippen molar-refractivity contribution < 1.29 is 23.7 Å². The number of methoxy groups -OCH3 is 1. The Kier molecular flexibility index (Phi) is 6.56. The average Bonchev–Trinajstić information content (AvgIpc) is 3.26. The number of hydrogen-bond donors (Lipinski definition) is 1. The van der Waals surface area contributed by atoms with Gasteiger partial charge in [-0.3, -0.25) is 4.79 Å². The Morgan fingerprint density at radius 1 is 1.10 bits per heavy atom. The molecule has 0 spiro atoms. The number of nitrogens with zero attached hydrogens (tertiary/aromatic N) is 1. The minimum Gasteiger partial charge on any atom is -0.496 e. The van der Waals surface area contributed by atoms with Crippen LogP contribution in [0.3, 0.4) is 0 Å². The van der Waals surface area contributed by atoms with Gasteiger partial charge in [0.05, 0.1) is 16.9 Å². The highest BCUT2D eigenvalue weighted by atomic mass is 127. The number of halogens is 1. The Labute approximate surface area is 193 Å². The topological polar surface area (TPSA) is 78.4 Å². The SMILES string of the molecule is COc1cc(C(=O)N/N=C\c2ccc(OCc3ccc4c(c3)OCO4)cc2)ccc1I. The summed E-state index contributed by atoms with van der Waals surface area (Å²) in [5, 5.41) is 4.02. The van der Waals surface area contributed by atoms with E-state index in [0.717, 1.165) is 31.9 Å². The maximum absolute atomic E-state index is 12.2. The lowest BCUT2D eigenvalue weighted by atomic mass is 10.2. The van der Waals surface area contributed by atoms with Crippen LogP contribution in [0.4, 0.5) is 0 Å². The molecule has 31 heavy (non-hydrogen) atoms. The van der Waals surface area contributed by atoms with E-state index in [9.17, 15) is 4.79 Å². The lowest BCUT2D eigenvalue weighted by Gasteiger charge is -2.07. The fourth-order valence-corrected chi connectivity index (χ4v) is 3.43. The molecule has 3 aromatic carbocycles. The van der Waals surface area contributed by atoms with Crippen LogP contribution >= 0.6 is 22.6 Å². The zero-order valence-corrected chi connectivity index (χ0v) is 18.8. The van der Waals surface area contributed by atoms with E-state index < -0.39 is 0 Å². The van der Waals surface area contributed by atoms with E-state index in [1.807, 2.05) is 48.5 Å². The highest BCUT2D eigenvalue weighted by Crippen LogP contribution is 2.32. The normalized spacial score (nSPS) is 12.1. The first-order valence-electron chi connectivity index (χ1n) is 9.41. The van der Waals surface area contributed by atoms with E-state index in [1.165, 1.54) is 0 Å². The molecule has 0 saturated carbocycles. The second-order valence-corrected chi connectivity index (χ2v) is 7.76. The molecule has 0 fully saturated rings. The number of fused-ring (bicyclic) bond motifs is 1. The van der Waals surface area contributed by atoms with Gasteiger partial charge in [0.15, 0.2) is 11.5 Å². The van der Waals surface area contributed by atoms with Crippen LogP contribution < -0.4 is 24.4 Å². The van der Waals surface area contributed by atoms with Crippen molar-refractivity contribution in [1.29, 1.82) is 0 Å². The summed E-state index contributed by atoms with van der Waals surface area (Å²) < 4.78 is 22.7. The molecule has 1 amide bonds. The van der Waals surface area contributed by atoms with E-state index in [4.69, 9.17) is 18.9 Å². The van der Waals surface area contributed by atoms with Crippen LogP contribution in [0.1, 0.15) is 21.5 Å². The van der Waals surface area contributed by atoms with E-state index >= 15 is 0 Å². The molecule has 4 rings (SSSR count). The van der Waals surface area contributed by atoms with Crippen LogP contribution in [0.2, 0.25) is 0 Å². The molecule has 8 heteroatoms. The van der Waals surface area contributed by atoms with Gasteiger partial charge in [0.25, 0.3) is 5.91 Å². The van der Waals surface area contributed by atoms with Crippen molar-refractivity contribution in [2.45, 2.75) is 6.61 Å². The number of nitrogens with one attached hydrogen (secondary N) is 1. The van der Waals surface area contributed by atoms with Gasteiger partial charge in [0.2, 0.25) is 6.79 Å². The van der Waals surface area contributed by atoms with Crippen LogP contribution in [0.15, 0.2) is 65.8 Å². The van der Waals surface area contributed by atoms with Crippen LogP contribution in [0.25, 0.3) is 0 Å². The lowest BCUT2D eigenvalue weighted by molar-refractivity contribution is 0.0954. The summed E-state index contributed by atoms with van der Waals surface area (Å²) in [6.07, 6.45) is 1.57. The molecule has 0 saturated heterocycles. The Hall–Kier alpha value is -3.27. The number of amides is 1. The molecule has 7 nitrogen and oxygen atoms in total. The van der Waals surface area contributed by atoms with Crippen LogP contribution in [0, 0.1) is 3.57 Å². The van der Waals surface area contributed by atoms with Gasteiger partial charge in [-0.25, -0.2) is 5.43 Å². The Morgan fingerprint density at radius 2 is 1.90 bits per heavy atom. The molecule has 1 heterocycles. The fourth-order valence-electron chi connectivity index (χ4n) is 2.88. The molecule has 0 unspecified atom stereocenters. The van der Waals surface area contributed by atoms with Gasteiger partial charge in [-0.2, -0.15) is 5.10 Å². The number of benzene rings is 3. The number of ether oxygens (including phenoxy) is 4. The first kappa shape index (κ1) is 21.0. The fraction of sp³-hybridized carbons (Fsp3) is 0.130. The molecule has 0 aromatic heterocycles. The predicted molar refractivity (Wildman–Crippen MR) is 124 cm³/mol. The molecule has 158 valence electrons. The molecule has 1 aliphatic heterocycles. The van der Waals surface area contributed by atoms with Gasteiger partial charge in [0.1, 0.15) is 18.1 Å². The van der Waals surface area contributed by atoms with Gasteiger partial charge in [0, 0.05) is 5.56 Å². The quantitative estimate of drug-likeness (QED) is 0.279. The van der Waals surface area contributed by atoms with E-state index in [2.05, 4.69) is 33.1 Å². The number of hydrogen-bond acceptors (Lipinski definition) is 6. The van der Waals surface area contributed by atoms with Gasteiger partial charge < -0.3 is 18.9 Å². The van der Waals surface area contributed by atoms with E-state index in [1.54, 1.807) is 25.5 Å². The van der Waals surface area contributed by atoms with Crippen molar-refractivity contribution in [2.24, 2.45) is 5.10 Å².